The predicted molar refractivity (Wildman–Crippen MR) is 94.4 cm³/mol. The molecule has 3 nitrogen and oxygen atoms in total. The summed E-state index contributed by atoms with van der Waals surface area (Å²) in [5.74, 6) is 1.28. The lowest BCUT2D eigenvalue weighted by Crippen LogP contribution is -2.28. The molecule has 1 aliphatic rings. The van der Waals surface area contributed by atoms with Crippen molar-refractivity contribution in [2.24, 2.45) is 11.7 Å². The van der Waals surface area contributed by atoms with E-state index < -0.39 is 0 Å². The molecule has 3 rings (SSSR count). The average molecular weight is 332 g/mol. The minimum atomic E-state index is 0. The third-order valence-electron chi connectivity index (χ3n) is 4.33. The van der Waals surface area contributed by atoms with E-state index in [1.165, 1.54) is 6.42 Å². The summed E-state index contributed by atoms with van der Waals surface area (Å²) in [7, 11) is 0. The van der Waals surface area contributed by atoms with E-state index in [2.05, 4.69) is 0 Å². The maximum atomic E-state index is 12.3. The van der Waals surface area contributed by atoms with Crippen molar-refractivity contribution >= 4 is 18.2 Å². The summed E-state index contributed by atoms with van der Waals surface area (Å²) < 4.78 is 5.81. The Bertz CT molecular complexity index is 628. The fourth-order valence-corrected chi connectivity index (χ4v) is 2.93. The van der Waals surface area contributed by atoms with Crippen LogP contribution in [0.5, 0.6) is 5.75 Å². The molecular weight excluding hydrogens is 310 g/mol. The first-order valence-corrected chi connectivity index (χ1v) is 7.82. The number of ketones is 1. The van der Waals surface area contributed by atoms with Gasteiger partial charge in [0.1, 0.15) is 5.75 Å². The number of halogens is 1. The first kappa shape index (κ1) is 17.5. The quantitative estimate of drug-likeness (QED) is 0.847. The van der Waals surface area contributed by atoms with Crippen LogP contribution < -0.4 is 10.5 Å². The number of rotatable bonds is 5. The number of carbonyl (C=O) groups is 1. The fourth-order valence-electron chi connectivity index (χ4n) is 2.93. The van der Waals surface area contributed by atoms with Crippen LogP contribution in [0.1, 0.15) is 35.2 Å². The van der Waals surface area contributed by atoms with Crippen LogP contribution in [0.15, 0.2) is 54.6 Å². The van der Waals surface area contributed by atoms with E-state index in [0.717, 1.165) is 18.6 Å². The maximum absolute atomic E-state index is 12.3. The number of benzene rings is 2. The third kappa shape index (κ3) is 4.34. The van der Waals surface area contributed by atoms with Crippen molar-refractivity contribution in [3.63, 3.8) is 0 Å². The van der Waals surface area contributed by atoms with Gasteiger partial charge in [-0.05, 0) is 37.1 Å². The minimum absolute atomic E-state index is 0. The Hall–Kier alpha value is -1.84. The first-order valence-electron chi connectivity index (χ1n) is 7.82. The van der Waals surface area contributed by atoms with Crippen LogP contribution in [-0.2, 0) is 0 Å². The molecule has 1 aliphatic carbocycles. The molecule has 0 heterocycles. The van der Waals surface area contributed by atoms with Crippen molar-refractivity contribution in [3.8, 4) is 5.75 Å². The molecule has 0 bridgehead atoms. The molecule has 2 N–H and O–H groups in total. The molecule has 2 atom stereocenters. The molecule has 0 saturated heterocycles. The molecule has 0 radical (unpaired) electrons. The second-order valence-electron chi connectivity index (χ2n) is 5.89. The number of nitrogens with two attached hydrogens (primary N) is 1. The summed E-state index contributed by atoms with van der Waals surface area (Å²) in [6.45, 7) is 0.660. The highest BCUT2D eigenvalue weighted by Crippen LogP contribution is 2.25. The van der Waals surface area contributed by atoms with Gasteiger partial charge in [0.2, 0.25) is 0 Å². The van der Waals surface area contributed by atoms with Crippen molar-refractivity contribution in [2.75, 3.05) is 6.61 Å². The van der Waals surface area contributed by atoms with Gasteiger partial charge in [-0.1, -0.05) is 36.8 Å². The van der Waals surface area contributed by atoms with Crippen LogP contribution in [0.25, 0.3) is 0 Å². The number of carbonyl (C=O) groups excluding carboxylic acids is 1. The molecule has 0 aliphatic heterocycles. The van der Waals surface area contributed by atoms with E-state index in [1.54, 1.807) is 0 Å². The Morgan fingerprint density at radius 1 is 1.00 bits per heavy atom. The maximum Gasteiger partial charge on any atom is 0.193 e. The Balaban J connectivity index is 0.00000192. The number of hydrogen-bond acceptors (Lipinski definition) is 3. The number of ether oxygens (including phenoxy) is 1. The van der Waals surface area contributed by atoms with Gasteiger partial charge in [-0.25, -0.2) is 0 Å². The van der Waals surface area contributed by atoms with Crippen LogP contribution in [-0.4, -0.2) is 18.4 Å². The summed E-state index contributed by atoms with van der Waals surface area (Å²) in [6, 6.07) is 16.9. The normalized spacial score (nSPS) is 19.9. The molecule has 0 unspecified atom stereocenters. The molecular formula is C19H22ClNO2. The summed E-state index contributed by atoms with van der Waals surface area (Å²) in [4.78, 5) is 12.3. The minimum Gasteiger partial charge on any atom is -0.493 e. The van der Waals surface area contributed by atoms with Crippen LogP contribution in [0.2, 0.25) is 0 Å². The predicted octanol–water partition coefficient (Wildman–Crippen LogP) is 3.85. The van der Waals surface area contributed by atoms with Crippen LogP contribution in [0.4, 0.5) is 0 Å². The Kier molecular flexibility index (Phi) is 6.20. The summed E-state index contributed by atoms with van der Waals surface area (Å²) in [5, 5.41) is 0. The van der Waals surface area contributed by atoms with Crippen LogP contribution >= 0.6 is 12.4 Å². The Morgan fingerprint density at radius 2 is 1.65 bits per heavy atom. The molecule has 122 valence electrons. The van der Waals surface area contributed by atoms with Gasteiger partial charge < -0.3 is 10.5 Å². The molecule has 0 spiro atoms. The molecule has 0 aromatic heterocycles. The molecule has 1 saturated carbocycles. The van der Waals surface area contributed by atoms with Gasteiger partial charge in [0.05, 0.1) is 6.61 Å². The van der Waals surface area contributed by atoms with E-state index in [0.29, 0.717) is 23.7 Å². The van der Waals surface area contributed by atoms with Crippen molar-refractivity contribution < 1.29 is 9.53 Å². The Morgan fingerprint density at radius 3 is 2.26 bits per heavy atom. The van der Waals surface area contributed by atoms with Gasteiger partial charge in [-0.3, -0.25) is 4.79 Å². The highest BCUT2D eigenvalue weighted by Gasteiger charge is 2.24. The average Bonchev–Trinajstić information content (AvgIpc) is 2.99. The lowest BCUT2D eigenvalue weighted by molar-refractivity contribution is 0.103. The molecule has 4 heteroatoms. The van der Waals surface area contributed by atoms with E-state index in [4.69, 9.17) is 10.5 Å². The topological polar surface area (TPSA) is 52.3 Å². The van der Waals surface area contributed by atoms with Gasteiger partial charge in [0.15, 0.2) is 5.78 Å². The smallest absolute Gasteiger partial charge is 0.193 e. The van der Waals surface area contributed by atoms with Gasteiger partial charge in [0, 0.05) is 23.1 Å². The second-order valence-corrected chi connectivity index (χ2v) is 5.89. The van der Waals surface area contributed by atoms with Crippen LogP contribution in [0, 0.1) is 5.92 Å². The standard InChI is InChI=1S/C19H21NO2.ClH/c20-18-8-4-7-16(18)13-22-17-11-9-15(10-12-17)19(21)14-5-2-1-3-6-14;/h1-3,5-6,9-12,16,18H,4,7-8,13,20H2;1H/t16-,18-;/m1./s1. The zero-order chi connectivity index (χ0) is 15.4. The molecule has 2 aromatic carbocycles. The van der Waals surface area contributed by atoms with E-state index >= 15 is 0 Å². The molecule has 0 amide bonds. The van der Waals surface area contributed by atoms with E-state index in [9.17, 15) is 4.79 Å². The monoisotopic (exact) mass is 331 g/mol. The highest BCUT2D eigenvalue weighted by molar-refractivity contribution is 6.08. The van der Waals surface area contributed by atoms with Crippen molar-refractivity contribution in [2.45, 2.75) is 25.3 Å². The first-order chi connectivity index (χ1) is 10.7. The fraction of sp³-hybridized carbons (Fsp3) is 0.316. The van der Waals surface area contributed by atoms with E-state index in [-0.39, 0.29) is 24.2 Å². The van der Waals surface area contributed by atoms with E-state index in [1.807, 2.05) is 54.6 Å². The lowest BCUT2D eigenvalue weighted by Gasteiger charge is -2.16. The number of hydrogen-bond donors (Lipinski definition) is 1. The van der Waals surface area contributed by atoms with Gasteiger partial charge in [-0.2, -0.15) is 0 Å². The second kappa shape index (κ2) is 8.14. The van der Waals surface area contributed by atoms with Crippen molar-refractivity contribution in [1.29, 1.82) is 0 Å². The summed E-state index contributed by atoms with van der Waals surface area (Å²) in [6.07, 6.45) is 3.43. The van der Waals surface area contributed by atoms with Gasteiger partial charge in [-0.15, -0.1) is 12.4 Å². The van der Waals surface area contributed by atoms with Crippen molar-refractivity contribution in [1.82, 2.24) is 0 Å². The molecule has 23 heavy (non-hydrogen) atoms. The van der Waals surface area contributed by atoms with Crippen molar-refractivity contribution in [3.05, 3.63) is 65.7 Å². The van der Waals surface area contributed by atoms with Gasteiger partial charge in [0.25, 0.3) is 0 Å². The lowest BCUT2D eigenvalue weighted by atomic mass is 10.0. The SMILES string of the molecule is Cl.N[C@@H]1CCC[C@@H]1COc1ccc(C(=O)c2ccccc2)cc1. The summed E-state index contributed by atoms with van der Waals surface area (Å²) in [5.41, 5.74) is 7.43. The third-order valence-corrected chi connectivity index (χ3v) is 4.33. The zero-order valence-corrected chi connectivity index (χ0v) is 13.8. The largest absolute Gasteiger partial charge is 0.493 e. The van der Waals surface area contributed by atoms with Crippen LogP contribution in [0.3, 0.4) is 0 Å². The Labute approximate surface area is 143 Å². The highest BCUT2D eigenvalue weighted by atomic mass is 35.5. The zero-order valence-electron chi connectivity index (χ0n) is 13.0. The molecule has 1 fully saturated rings. The van der Waals surface area contributed by atoms with Gasteiger partial charge >= 0.3 is 0 Å². The molecule has 2 aromatic rings. The summed E-state index contributed by atoms with van der Waals surface area (Å²) >= 11 is 0.